The van der Waals surface area contributed by atoms with E-state index in [4.69, 9.17) is 23.2 Å². The van der Waals surface area contributed by atoms with Crippen LogP contribution in [0.1, 0.15) is 28.5 Å². The van der Waals surface area contributed by atoms with Crippen LogP contribution in [0, 0.1) is 5.82 Å². The van der Waals surface area contributed by atoms with Gasteiger partial charge in [0.15, 0.2) is 0 Å². The van der Waals surface area contributed by atoms with Gasteiger partial charge in [-0.15, -0.1) is 11.6 Å². The zero-order valence-electron chi connectivity index (χ0n) is 11.0. The number of halogens is 3. The van der Waals surface area contributed by atoms with Crippen LogP contribution in [-0.2, 0) is 11.2 Å². The van der Waals surface area contributed by atoms with Gasteiger partial charge in [-0.2, -0.15) is 0 Å². The molecule has 0 saturated heterocycles. The highest BCUT2D eigenvalue weighted by Crippen LogP contribution is 2.37. The summed E-state index contributed by atoms with van der Waals surface area (Å²) in [6.07, 6.45) is 0.984. The fraction of sp³-hybridized carbons (Fsp3) is 0.188. The van der Waals surface area contributed by atoms with Crippen LogP contribution in [0.3, 0.4) is 0 Å². The Hall–Kier alpha value is -1.58. The van der Waals surface area contributed by atoms with Crippen LogP contribution in [-0.4, -0.2) is 5.91 Å². The van der Waals surface area contributed by atoms with Gasteiger partial charge in [0.25, 0.3) is 0 Å². The second-order valence-corrected chi connectivity index (χ2v) is 5.81. The highest BCUT2D eigenvalue weighted by Gasteiger charge is 2.22. The lowest BCUT2D eigenvalue weighted by molar-refractivity contribution is -0.116. The maximum Gasteiger partial charge on any atom is 0.224 e. The summed E-state index contributed by atoms with van der Waals surface area (Å²) >= 11 is 12.5. The number of hydrogen-bond donors (Lipinski definition) is 1. The van der Waals surface area contributed by atoms with Gasteiger partial charge in [0.05, 0.1) is 5.38 Å². The summed E-state index contributed by atoms with van der Waals surface area (Å²) in [5, 5.41) is 2.51. The predicted molar refractivity (Wildman–Crippen MR) is 82.5 cm³/mol. The van der Waals surface area contributed by atoms with Crippen molar-refractivity contribution < 1.29 is 9.18 Å². The molecule has 1 aliphatic rings. The number of carbonyl (C=O) groups is 1. The lowest BCUT2D eigenvalue weighted by Crippen LogP contribution is -2.19. The molecule has 0 aromatic heterocycles. The molecule has 108 valence electrons. The second kappa shape index (κ2) is 5.66. The smallest absolute Gasteiger partial charge is 0.224 e. The summed E-state index contributed by atoms with van der Waals surface area (Å²) in [7, 11) is 0. The van der Waals surface area contributed by atoms with E-state index in [-0.39, 0.29) is 5.91 Å². The molecule has 3 rings (SSSR count). The summed E-state index contributed by atoms with van der Waals surface area (Å²) < 4.78 is 14.3. The Morgan fingerprint density at radius 3 is 2.67 bits per heavy atom. The van der Waals surface area contributed by atoms with Crippen LogP contribution in [0.5, 0.6) is 0 Å². The van der Waals surface area contributed by atoms with Crippen molar-refractivity contribution in [1.82, 2.24) is 0 Å². The minimum atomic E-state index is -0.665. The van der Waals surface area contributed by atoms with Crippen LogP contribution < -0.4 is 5.32 Å². The van der Waals surface area contributed by atoms with Crippen LogP contribution >= 0.6 is 23.2 Å². The highest BCUT2D eigenvalue weighted by molar-refractivity contribution is 6.33. The third kappa shape index (κ3) is 2.76. The molecule has 2 aromatic carbocycles. The maximum atomic E-state index is 14.3. The van der Waals surface area contributed by atoms with Gasteiger partial charge < -0.3 is 5.32 Å². The molecule has 1 aliphatic heterocycles. The molecule has 0 aliphatic carbocycles. The van der Waals surface area contributed by atoms with Crippen molar-refractivity contribution in [3.05, 3.63) is 63.9 Å². The van der Waals surface area contributed by atoms with Gasteiger partial charge in [0.2, 0.25) is 5.91 Å². The molecule has 0 spiro atoms. The summed E-state index contributed by atoms with van der Waals surface area (Å²) in [4.78, 5) is 11.3. The molecule has 0 saturated carbocycles. The topological polar surface area (TPSA) is 29.1 Å². The molecule has 1 N–H and O–H groups in total. The fourth-order valence-electron chi connectivity index (χ4n) is 2.46. The van der Waals surface area contributed by atoms with E-state index in [0.717, 1.165) is 5.56 Å². The third-order valence-corrected chi connectivity index (χ3v) is 4.38. The van der Waals surface area contributed by atoms with Crippen LogP contribution in [0.4, 0.5) is 10.1 Å². The standard InChI is InChI=1S/C16H12Cl2FNO/c17-12-4-2-1-3-10(12)16(18)11-7-9-5-6-15(21)20-14(9)8-13(11)19/h1-4,7-8,16H,5-6H2,(H,20,21). The first kappa shape index (κ1) is 14.4. The van der Waals surface area contributed by atoms with Crippen molar-refractivity contribution in [2.75, 3.05) is 5.32 Å². The Bertz CT molecular complexity index is 717. The van der Waals surface area contributed by atoms with E-state index < -0.39 is 11.2 Å². The van der Waals surface area contributed by atoms with E-state index in [1.54, 1.807) is 24.3 Å². The van der Waals surface area contributed by atoms with Crippen LogP contribution in [0.2, 0.25) is 5.02 Å². The van der Waals surface area contributed by atoms with Gasteiger partial charge in [-0.3, -0.25) is 4.79 Å². The average molecular weight is 324 g/mol. The van der Waals surface area contributed by atoms with Crippen molar-refractivity contribution in [3.63, 3.8) is 0 Å². The minimum Gasteiger partial charge on any atom is -0.326 e. The van der Waals surface area contributed by atoms with E-state index in [2.05, 4.69) is 5.32 Å². The predicted octanol–water partition coefficient (Wildman–Crippen LogP) is 4.69. The number of amides is 1. The van der Waals surface area contributed by atoms with Crippen molar-refractivity contribution in [2.24, 2.45) is 0 Å². The first-order valence-electron chi connectivity index (χ1n) is 6.57. The molecule has 1 amide bonds. The molecule has 0 radical (unpaired) electrons. The zero-order chi connectivity index (χ0) is 15.0. The van der Waals surface area contributed by atoms with Gasteiger partial charge in [-0.1, -0.05) is 29.8 Å². The molecule has 1 heterocycles. The van der Waals surface area contributed by atoms with Crippen LogP contribution in [0.25, 0.3) is 0 Å². The molecule has 2 aromatic rings. The quantitative estimate of drug-likeness (QED) is 0.798. The highest BCUT2D eigenvalue weighted by atomic mass is 35.5. The number of aryl methyl sites for hydroxylation is 1. The Morgan fingerprint density at radius 1 is 1.14 bits per heavy atom. The molecular weight excluding hydrogens is 312 g/mol. The Balaban J connectivity index is 2.03. The van der Waals surface area contributed by atoms with Crippen molar-refractivity contribution in [3.8, 4) is 0 Å². The maximum absolute atomic E-state index is 14.3. The zero-order valence-corrected chi connectivity index (χ0v) is 12.5. The number of alkyl halides is 1. The summed E-state index contributed by atoms with van der Waals surface area (Å²) in [6.45, 7) is 0. The normalized spacial score (nSPS) is 15.3. The van der Waals surface area contributed by atoms with Gasteiger partial charge >= 0.3 is 0 Å². The molecule has 21 heavy (non-hydrogen) atoms. The molecule has 5 heteroatoms. The first-order valence-corrected chi connectivity index (χ1v) is 7.38. The van der Waals surface area contributed by atoms with E-state index in [1.165, 1.54) is 6.07 Å². The van der Waals surface area contributed by atoms with Gasteiger partial charge in [-0.05, 0) is 35.7 Å². The summed E-state index contributed by atoms with van der Waals surface area (Å²) in [5.74, 6) is -0.543. The lowest BCUT2D eigenvalue weighted by Gasteiger charge is -2.20. The summed E-state index contributed by atoms with van der Waals surface area (Å²) in [5.41, 5.74) is 2.46. The molecule has 1 unspecified atom stereocenters. The van der Waals surface area contributed by atoms with E-state index in [9.17, 15) is 9.18 Å². The number of carbonyl (C=O) groups excluding carboxylic acids is 1. The first-order chi connectivity index (χ1) is 10.1. The number of anilines is 1. The number of fused-ring (bicyclic) bond motifs is 1. The van der Waals surface area contributed by atoms with Gasteiger partial charge in [-0.25, -0.2) is 4.39 Å². The van der Waals surface area contributed by atoms with E-state index in [1.807, 2.05) is 6.07 Å². The monoisotopic (exact) mass is 323 g/mol. The SMILES string of the molecule is O=C1CCc2cc(C(Cl)c3ccccc3Cl)c(F)cc2N1. The molecule has 0 bridgehead atoms. The second-order valence-electron chi connectivity index (χ2n) is 4.96. The number of nitrogens with one attached hydrogen (secondary N) is 1. The minimum absolute atomic E-state index is 0.0943. The molecular formula is C16H12Cl2FNO. The van der Waals surface area contributed by atoms with Crippen molar-refractivity contribution in [1.29, 1.82) is 0 Å². The number of hydrogen-bond acceptors (Lipinski definition) is 1. The van der Waals surface area contributed by atoms with Crippen molar-refractivity contribution >= 4 is 34.8 Å². The average Bonchev–Trinajstić information content (AvgIpc) is 2.46. The Morgan fingerprint density at radius 2 is 1.90 bits per heavy atom. The Labute approximate surface area is 131 Å². The van der Waals surface area contributed by atoms with Gasteiger partial charge in [0.1, 0.15) is 5.82 Å². The van der Waals surface area contributed by atoms with Crippen molar-refractivity contribution in [2.45, 2.75) is 18.2 Å². The van der Waals surface area contributed by atoms with Crippen LogP contribution in [0.15, 0.2) is 36.4 Å². The van der Waals surface area contributed by atoms with Gasteiger partial charge in [0, 0.05) is 22.7 Å². The molecule has 2 nitrogen and oxygen atoms in total. The number of rotatable bonds is 2. The largest absolute Gasteiger partial charge is 0.326 e. The van der Waals surface area contributed by atoms with E-state index in [0.29, 0.717) is 34.7 Å². The van der Waals surface area contributed by atoms with E-state index >= 15 is 0 Å². The fourth-order valence-corrected chi connectivity index (χ4v) is 3.12. The Kier molecular flexibility index (Phi) is 3.87. The lowest BCUT2D eigenvalue weighted by atomic mass is 9.96. The molecule has 1 atom stereocenters. The number of benzene rings is 2. The summed E-state index contributed by atoms with van der Waals surface area (Å²) in [6, 6.07) is 10.2. The third-order valence-electron chi connectivity index (χ3n) is 3.57. The molecule has 0 fully saturated rings.